The third kappa shape index (κ3) is 4.71. The Morgan fingerprint density at radius 1 is 1.25 bits per heavy atom. The maximum atomic E-state index is 11.9. The molecule has 0 saturated heterocycles. The van der Waals surface area contributed by atoms with Crippen LogP contribution < -0.4 is 9.47 Å². The maximum absolute atomic E-state index is 11.9. The Morgan fingerprint density at radius 3 is 2.60 bits per heavy atom. The van der Waals surface area contributed by atoms with Crippen molar-refractivity contribution in [1.29, 1.82) is 0 Å². The largest absolute Gasteiger partial charge is 0.497 e. The second-order valence-electron chi connectivity index (χ2n) is 3.98. The highest BCUT2D eigenvalue weighted by Crippen LogP contribution is 2.24. The zero-order chi connectivity index (χ0) is 15.0. The van der Waals surface area contributed by atoms with Crippen molar-refractivity contribution >= 4 is 5.97 Å². The molecule has 0 aliphatic rings. The Labute approximate surface area is 118 Å². The minimum Gasteiger partial charge on any atom is -0.497 e. The Balaban J connectivity index is 2.58. The van der Waals surface area contributed by atoms with Crippen molar-refractivity contribution < 1.29 is 28.8 Å². The van der Waals surface area contributed by atoms with E-state index >= 15 is 0 Å². The molecule has 1 radical (unpaired) electrons. The lowest BCUT2D eigenvalue weighted by molar-refractivity contribution is -0.215. The van der Waals surface area contributed by atoms with E-state index in [4.69, 9.17) is 19.1 Å². The lowest BCUT2D eigenvalue weighted by atomic mass is 10.2. The van der Waals surface area contributed by atoms with Gasteiger partial charge in [0.2, 0.25) is 0 Å². The smallest absolute Gasteiger partial charge is 0.376 e. The molecule has 0 N–H and O–H groups in total. The van der Waals surface area contributed by atoms with E-state index in [0.717, 1.165) is 0 Å². The summed E-state index contributed by atoms with van der Waals surface area (Å²) in [6, 6.07) is 4.82. The van der Waals surface area contributed by atoms with Gasteiger partial charge in [0.1, 0.15) is 23.7 Å². The molecular formula is C14H19O6. The van der Waals surface area contributed by atoms with Crippen LogP contribution in [0, 0.1) is 6.61 Å². The topological polar surface area (TPSA) is 63.2 Å². The summed E-state index contributed by atoms with van der Waals surface area (Å²) in [6.45, 7) is 3.23. The van der Waals surface area contributed by atoms with Gasteiger partial charge < -0.3 is 14.2 Å². The fraction of sp³-hybridized carbons (Fsp3) is 0.429. The first kappa shape index (κ1) is 16.3. The molecule has 0 aliphatic heterocycles. The van der Waals surface area contributed by atoms with Gasteiger partial charge in [-0.1, -0.05) is 0 Å². The number of methoxy groups -OCH3 is 3. The fourth-order valence-electron chi connectivity index (χ4n) is 1.37. The summed E-state index contributed by atoms with van der Waals surface area (Å²) in [4.78, 5) is 21.3. The van der Waals surface area contributed by atoms with Crippen LogP contribution in [0.5, 0.6) is 11.5 Å². The minimum atomic E-state index is -0.665. The number of carbonyl (C=O) groups is 1. The average molecular weight is 283 g/mol. The molecule has 0 saturated carbocycles. The number of hydrogen-bond donors (Lipinski definition) is 0. The van der Waals surface area contributed by atoms with Crippen LogP contribution >= 0.6 is 0 Å². The summed E-state index contributed by atoms with van der Waals surface area (Å²) in [5.41, 5.74) is 0.222. The van der Waals surface area contributed by atoms with E-state index in [0.29, 0.717) is 17.9 Å². The minimum absolute atomic E-state index is 0.0138. The normalized spacial score (nSPS) is 11.8. The molecule has 1 rings (SSSR count). The number of carbonyl (C=O) groups excluding carboxylic acids is 1. The SMILES string of the molecule is COc1ccc(OC)c(C(=O)OO[CH]CC(C)OC)c1. The van der Waals surface area contributed by atoms with Crippen molar-refractivity contribution in [2.45, 2.75) is 19.4 Å². The Hall–Kier alpha value is -1.79. The van der Waals surface area contributed by atoms with Crippen LogP contribution in [0.3, 0.4) is 0 Å². The summed E-state index contributed by atoms with van der Waals surface area (Å²) in [5.74, 6) is 0.237. The molecule has 1 atom stereocenters. The number of ether oxygens (including phenoxy) is 3. The Morgan fingerprint density at radius 2 is 2.00 bits per heavy atom. The quantitative estimate of drug-likeness (QED) is 0.414. The molecule has 20 heavy (non-hydrogen) atoms. The molecule has 0 aliphatic carbocycles. The molecule has 0 aromatic heterocycles. The third-order valence-electron chi connectivity index (χ3n) is 2.65. The number of benzene rings is 1. The highest BCUT2D eigenvalue weighted by molar-refractivity contribution is 5.92. The van der Waals surface area contributed by atoms with Crippen LogP contribution in [-0.4, -0.2) is 33.4 Å². The molecule has 1 unspecified atom stereocenters. The highest BCUT2D eigenvalue weighted by Gasteiger charge is 2.16. The van der Waals surface area contributed by atoms with E-state index in [1.807, 2.05) is 6.92 Å². The summed E-state index contributed by atoms with van der Waals surface area (Å²) < 4.78 is 15.2. The molecular weight excluding hydrogens is 264 g/mol. The zero-order valence-electron chi connectivity index (χ0n) is 12.0. The summed E-state index contributed by atoms with van der Waals surface area (Å²) in [5, 5.41) is 0. The Kier molecular flexibility index (Phi) is 6.83. The summed E-state index contributed by atoms with van der Waals surface area (Å²) in [7, 11) is 4.56. The maximum Gasteiger partial charge on any atom is 0.376 e. The second-order valence-corrected chi connectivity index (χ2v) is 3.98. The first-order valence-electron chi connectivity index (χ1n) is 6.06. The van der Waals surface area contributed by atoms with Gasteiger partial charge in [-0.15, -0.1) is 0 Å². The Bertz CT molecular complexity index is 432. The van der Waals surface area contributed by atoms with Crippen LogP contribution in [-0.2, 0) is 14.5 Å². The van der Waals surface area contributed by atoms with Crippen molar-refractivity contribution in [3.05, 3.63) is 30.4 Å². The van der Waals surface area contributed by atoms with Gasteiger partial charge >= 0.3 is 5.97 Å². The van der Waals surface area contributed by atoms with Crippen molar-refractivity contribution in [1.82, 2.24) is 0 Å². The van der Waals surface area contributed by atoms with Gasteiger partial charge in [-0.2, -0.15) is 4.89 Å². The molecule has 0 heterocycles. The molecule has 1 aromatic carbocycles. The summed E-state index contributed by atoms with van der Waals surface area (Å²) >= 11 is 0. The van der Waals surface area contributed by atoms with E-state index in [1.54, 1.807) is 19.2 Å². The van der Waals surface area contributed by atoms with E-state index in [9.17, 15) is 4.79 Å². The van der Waals surface area contributed by atoms with Gasteiger partial charge in [0.25, 0.3) is 0 Å². The first-order valence-corrected chi connectivity index (χ1v) is 6.06. The van der Waals surface area contributed by atoms with Gasteiger partial charge in [-0.25, -0.2) is 4.79 Å². The first-order chi connectivity index (χ1) is 9.62. The van der Waals surface area contributed by atoms with E-state index in [1.165, 1.54) is 26.9 Å². The lowest BCUT2D eigenvalue weighted by Crippen LogP contribution is -2.10. The standard InChI is InChI=1S/C14H19O6/c1-10(16-2)7-8-19-20-14(15)12-9-11(17-3)5-6-13(12)18-4/h5-6,8-10H,7H2,1-4H3. The van der Waals surface area contributed by atoms with Crippen LogP contribution in [0.15, 0.2) is 18.2 Å². The van der Waals surface area contributed by atoms with Crippen LogP contribution in [0.4, 0.5) is 0 Å². The third-order valence-corrected chi connectivity index (χ3v) is 2.65. The zero-order valence-corrected chi connectivity index (χ0v) is 12.0. The molecule has 0 bridgehead atoms. The van der Waals surface area contributed by atoms with Gasteiger partial charge in [0.15, 0.2) is 0 Å². The molecule has 0 amide bonds. The summed E-state index contributed by atoms with van der Waals surface area (Å²) in [6.07, 6.45) is 0.485. The monoisotopic (exact) mass is 283 g/mol. The van der Waals surface area contributed by atoms with Gasteiger partial charge in [0, 0.05) is 13.5 Å². The average Bonchev–Trinajstić information content (AvgIpc) is 2.50. The van der Waals surface area contributed by atoms with Crippen molar-refractivity contribution in [3.8, 4) is 11.5 Å². The molecule has 111 valence electrons. The van der Waals surface area contributed by atoms with Crippen LogP contribution in [0.2, 0.25) is 0 Å². The number of hydrogen-bond acceptors (Lipinski definition) is 6. The van der Waals surface area contributed by atoms with Crippen molar-refractivity contribution in [2.75, 3.05) is 21.3 Å². The second kappa shape index (κ2) is 8.39. The van der Waals surface area contributed by atoms with Crippen LogP contribution in [0.25, 0.3) is 0 Å². The molecule has 1 aromatic rings. The van der Waals surface area contributed by atoms with Crippen LogP contribution in [0.1, 0.15) is 23.7 Å². The number of rotatable bonds is 8. The predicted octanol–water partition coefficient (Wildman–Crippen LogP) is 2.38. The molecule has 6 nitrogen and oxygen atoms in total. The predicted molar refractivity (Wildman–Crippen MR) is 71.4 cm³/mol. The molecule has 6 heteroatoms. The van der Waals surface area contributed by atoms with Crippen molar-refractivity contribution in [2.24, 2.45) is 0 Å². The lowest BCUT2D eigenvalue weighted by Gasteiger charge is -2.10. The van der Waals surface area contributed by atoms with Gasteiger partial charge in [-0.05, 0) is 25.1 Å². The molecule has 0 spiro atoms. The molecule has 0 fully saturated rings. The van der Waals surface area contributed by atoms with Gasteiger partial charge in [0.05, 0.1) is 20.3 Å². The van der Waals surface area contributed by atoms with E-state index in [-0.39, 0.29) is 11.7 Å². The van der Waals surface area contributed by atoms with E-state index in [2.05, 4.69) is 4.89 Å². The fourth-order valence-corrected chi connectivity index (χ4v) is 1.37. The van der Waals surface area contributed by atoms with Gasteiger partial charge in [-0.3, -0.25) is 4.89 Å². The van der Waals surface area contributed by atoms with E-state index < -0.39 is 5.97 Å². The highest BCUT2D eigenvalue weighted by atomic mass is 17.2. The van der Waals surface area contributed by atoms with Crippen molar-refractivity contribution in [3.63, 3.8) is 0 Å².